The average molecular weight is 416 g/mol. The number of nitrogens with zero attached hydrogens (tertiary/aromatic N) is 4. The molecule has 3 aromatic rings. The summed E-state index contributed by atoms with van der Waals surface area (Å²) in [6, 6.07) is 5.07. The van der Waals surface area contributed by atoms with Gasteiger partial charge in [-0.05, 0) is 18.6 Å². The summed E-state index contributed by atoms with van der Waals surface area (Å²) in [7, 11) is -1.51. The zero-order valence-corrected chi connectivity index (χ0v) is 16.8. The highest BCUT2D eigenvalue weighted by Gasteiger charge is 2.19. The van der Waals surface area contributed by atoms with Crippen LogP contribution in [0.25, 0.3) is 5.65 Å². The smallest absolute Gasteiger partial charge is 0.219 e. The average Bonchev–Trinajstić information content (AvgIpc) is 3.08. The maximum absolute atomic E-state index is 12.7. The topological polar surface area (TPSA) is 128 Å². The third-order valence-corrected chi connectivity index (χ3v) is 5.26. The van der Waals surface area contributed by atoms with Gasteiger partial charge in [0.2, 0.25) is 5.88 Å². The van der Waals surface area contributed by atoms with E-state index in [2.05, 4.69) is 25.7 Å². The molecule has 11 heteroatoms. The molecule has 152 valence electrons. The number of carbonyl (C=O) groups excluding carboxylic acids is 1. The maximum Gasteiger partial charge on any atom is 0.219 e. The van der Waals surface area contributed by atoms with Gasteiger partial charge in [0.1, 0.15) is 17.5 Å². The van der Waals surface area contributed by atoms with Crippen LogP contribution in [-0.2, 0) is 15.6 Å². The minimum Gasteiger partial charge on any atom is -0.477 e. The summed E-state index contributed by atoms with van der Waals surface area (Å²) in [4.78, 5) is 21.6. The standard InChI is InChI=1S/C18H20N6O4S/c1-19-16-8-15-21-14-6-5-11(10-29(2,26)27)18(23-14)28-7-3-4-13(25)12-9-20-24(16)17(12)22-15/h5-6,8-9,19H,3-4,7,10H2,1-2H3,(H,21,22,23). The number of pyridine rings is 1. The van der Waals surface area contributed by atoms with Crippen LogP contribution < -0.4 is 15.4 Å². The van der Waals surface area contributed by atoms with Crippen LogP contribution in [-0.4, -0.2) is 53.7 Å². The van der Waals surface area contributed by atoms with Crippen LogP contribution in [0.1, 0.15) is 28.8 Å². The van der Waals surface area contributed by atoms with Gasteiger partial charge in [0.15, 0.2) is 21.3 Å². The van der Waals surface area contributed by atoms with Gasteiger partial charge in [-0.25, -0.2) is 13.4 Å². The predicted octanol–water partition coefficient (Wildman–Crippen LogP) is 1.81. The molecule has 0 spiro atoms. The molecule has 0 amide bonds. The monoisotopic (exact) mass is 416 g/mol. The number of rotatable bonds is 3. The lowest BCUT2D eigenvalue weighted by atomic mass is 10.1. The van der Waals surface area contributed by atoms with Crippen LogP contribution in [0.4, 0.5) is 17.5 Å². The molecule has 0 atom stereocenters. The first-order valence-corrected chi connectivity index (χ1v) is 11.1. The fourth-order valence-corrected chi connectivity index (χ4v) is 3.91. The number of carbonyl (C=O) groups is 1. The zero-order chi connectivity index (χ0) is 20.6. The van der Waals surface area contributed by atoms with E-state index in [4.69, 9.17) is 4.74 Å². The summed E-state index contributed by atoms with van der Waals surface area (Å²) in [5, 5.41) is 10.4. The highest BCUT2D eigenvalue weighted by Crippen LogP contribution is 2.26. The van der Waals surface area contributed by atoms with Crippen molar-refractivity contribution in [1.82, 2.24) is 19.6 Å². The maximum atomic E-state index is 12.7. The number of ketones is 1. The number of hydrogen-bond acceptors (Lipinski definition) is 9. The molecule has 2 N–H and O–H groups in total. The first kappa shape index (κ1) is 19.1. The summed E-state index contributed by atoms with van der Waals surface area (Å²) in [5.41, 5.74) is 1.34. The number of fused-ring (bicyclic) bond motifs is 3. The molecule has 1 aliphatic rings. The SMILES string of the molecule is CNc1cc2nc3c(cnn13)C(=O)CCCOc1nc(ccc1CS(C)(=O)=O)N2. The van der Waals surface area contributed by atoms with Crippen LogP contribution >= 0.6 is 0 Å². The minimum atomic E-state index is -3.26. The largest absolute Gasteiger partial charge is 0.477 e. The van der Waals surface area contributed by atoms with Gasteiger partial charge >= 0.3 is 0 Å². The predicted molar refractivity (Wildman–Crippen MR) is 108 cm³/mol. The molecule has 4 heterocycles. The first-order chi connectivity index (χ1) is 13.8. The number of aromatic nitrogens is 4. The number of hydrogen-bond donors (Lipinski definition) is 2. The highest BCUT2D eigenvalue weighted by atomic mass is 32.2. The molecule has 0 saturated heterocycles. The summed E-state index contributed by atoms with van der Waals surface area (Å²) >= 11 is 0. The van der Waals surface area contributed by atoms with Crippen LogP contribution in [0.15, 0.2) is 24.4 Å². The molecular weight excluding hydrogens is 396 g/mol. The van der Waals surface area contributed by atoms with Gasteiger partial charge in [-0.15, -0.1) is 0 Å². The van der Waals surface area contributed by atoms with Crippen molar-refractivity contribution in [2.75, 3.05) is 30.5 Å². The van der Waals surface area contributed by atoms with Gasteiger partial charge in [-0.2, -0.15) is 14.6 Å². The molecule has 29 heavy (non-hydrogen) atoms. The van der Waals surface area contributed by atoms with E-state index in [1.165, 1.54) is 6.20 Å². The number of Topliss-reactive ketones (excluding diaryl/α,β-unsaturated/α-hetero) is 1. The second kappa shape index (κ2) is 7.32. The van der Waals surface area contributed by atoms with Gasteiger partial charge in [0.25, 0.3) is 0 Å². The Labute approximate surface area is 167 Å². The third-order valence-electron chi connectivity index (χ3n) is 4.43. The van der Waals surface area contributed by atoms with Gasteiger partial charge in [0.05, 0.1) is 24.1 Å². The zero-order valence-electron chi connectivity index (χ0n) is 16.0. The van der Waals surface area contributed by atoms with E-state index in [-0.39, 0.29) is 30.4 Å². The fourth-order valence-electron chi connectivity index (χ4n) is 3.13. The van der Waals surface area contributed by atoms with Crippen molar-refractivity contribution in [1.29, 1.82) is 0 Å². The minimum absolute atomic E-state index is 0.0921. The van der Waals surface area contributed by atoms with E-state index in [0.717, 1.165) is 6.26 Å². The molecule has 0 radical (unpaired) electrons. The molecule has 3 aromatic heterocycles. The number of nitrogens with one attached hydrogen (secondary N) is 2. The molecule has 1 aliphatic heterocycles. The number of ether oxygens (including phenoxy) is 1. The number of sulfone groups is 1. The van der Waals surface area contributed by atoms with Crippen LogP contribution in [0.5, 0.6) is 5.88 Å². The van der Waals surface area contributed by atoms with E-state index >= 15 is 0 Å². The quantitative estimate of drug-likeness (QED) is 0.657. The Kier molecular flexibility index (Phi) is 4.82. The summed E-state index contributed by atoms with van der Waals surface area (Å²) in [5.74, 6) is 1.51. The van der Waals surface area contributed by atoms with E-state index in [9.17, 15) is 13.2 Å². The van der Waals surface area contributed by atoms with Crippen molar-refractivity contribution in [3.63, 3.8) is 0 Å². The van der Waals surface area contributed by atoms with Gasteiger partial charge in [-0.1, -0.05) is 0 Å². The lowest BCUT2D eigenvalue weighted by Gasteiger charge is -2.13. The van der Waals surface area contributed by atoms with Crippen molar-refractivity contribution in [2.24, 2.45) is 0 Å². The molecular formula is C18H20N6O4S. The first-order valence-electron chi connectivity index (χ1n) is 9.01. The Balaban J connectivity index is 1.82. The fraction of sp³-hybridized carbons (Fsp3) is 0.333. The summed E-state index contributed by atoms with van der Waals surface area (Å²) < 4.78 is 30.7. The van der Waals surface area contributed by atoms with Crippen LogP contribution in [0.2, 0.25) is 0 Å². The Hall–Kier alpha value is -3.21. The van der Waals surface area contributed by atoms with Crippen molar-refractivity contribution < 1.29 is 17.9 Å². The molecule has 10 nitrogen and oxygen atoms in total. The van der Waals surface area contributed by atoms with Crippen LogP contribution in [0.3, 0.4) is 0 Å². The van der Waals surface area contributed by atoms with E-state index < -0.39 is 9.84 Å². The van der Waals surface area contributed by atoms with Crippen LogP contribution in [0, 0.1) is 0 Å². The molecule has 0 aliphatic carbocycles. The summed E-state index contributed by atoms with van der Waals surface area (Å²) in [6.07, 6.45) is 3.37. The number of anilines is 3. The second-order valence-electron chi connectivity index (χ2n) is 6.80. The van der Waals surface area contributed by atoms with E-state index in [1.807, 2.05) is 0 Å². The van der Waals surface area contributed by atoms with Crippen molar-refractivity contribution in [3.8, 4) is 5.88 Å². The Morgan fingerprint density at radius 1 is 1.28 bits per heavy atom. The normalized spacial score (nSPS) is 14.5. The second-order valence-corrected chi connectivity index (χ2v) is 8.94. The Morgan fingerprint density at radius 3 is 2.86 bits per heavy atom. The van der Waals surface area contributed by atoms with Gasteiger partial charge < -0.3 is 15.4 Å². The third kappa shape index (κ3) is 3.99. The molecule has 0 aromatic carbocycles. The molecule has 0 saturated carbocycles. The molecule has 0 unspecified atom stereocenters. The lowest BCUT2D eigenvalue weighted by Crippen LogP contribution is -2.09. The molecule has 0 fully saturated rings. The lowest BCUT2D eigenvalue weighted by molar-refractivity contribution is 0.0974. The van der Waals surface area contributed by atoms with Crippen molar-refractivity contribution in [3.05, 3.63) is 35.5 Å². The van der Waals surface area contributed by atoms with Crippen molar-refractivity contribution >= 4 is 38.7 Å². The van der Waals surface area contributed by atoms with E-state index in [1.54, 1.807) is 29.8 Å². The Morgan fingerprint density at radius 2 is 2.10 bits per heavy atom. The summed E-state index contributed by atoms with van der Waals surface area (Å²) in [6.45, 7) is 0.232. The highest BCUT2D eigenvalue weighted by molar-refractivity contribution is 7.89. The molecule has 4 rings (SSSR count). The van der Waals surface area contributed by atoms with E-state index in [0.29, 0.717) is 40.6 Å². The van der Waals surface area contributed by atoms with Gasteiger partial charge in [-0.3, -0.25) is 4.79 Å². The Bertz CT molecular complexity index is 1200. The van der Waals surface area contributed by atoms with Crippen molar-refractivity contribution in [2.45, 2.75) is 18.6 Å². The van der Waals surface area contributed by atoms with Gasteiger partial charge in [0, 0.05) is 31.4 Å². The molecule has 4 bridgehead atoms.